The maximum atomic E-state index is 12.7. The van der Waals surface area contributed by atoms with Gasteiger partial charge in [0.05, 0.1) is 5.56 Å². The number of primary amides is 1. The lowest BCUT2D eigenvalue weighted by atomic mass is 10.0. The Morgan fingerprint density at radius 3 is 2.54 bits per heavy atom. The van der Waals surface area contributed by atoms with Gasteiger partial charge in [-0.2, -0.15) is 0 Å². The standard InChI is InChI=1S/C20H23N3O3/c21-16-8-10-23(11-9-16)20(25)15-5-3-4-14(12-15)13-26-18-7-2-1-6-17(18)19(22)24/h1-7,12,16H,8-11,13,21H2,(H2,22,24). The van der Waals surface area contributed by atoms with E-state index in [0.29, 0.717) is 30.0 Å². The lowest BCUT2D eigenvalue weighted by Gasteiger charge is -2.30. The van der Waals surface area contributed by atoms with E-state index in [4.69, 9.17) is 16.2 Å². The van der Waals surface area contributed by atoms with Crippen LogP contribution in [0.25, 0.3) is 0 Å². The van der Waals surface area contributed by atoms with Crippen LogP contribution in [0.2, 0.25) is 0 Å². The van der Waals surface area contributed by atoms with E-state index < -0.39 is 5.91 Å². The van der Waals surface area contributed by atoms with E-state index >= 15 is 0 Å². The van der Waals surface area contributed by atoms with Gasteiger partial charge in [-0.3, -0.25) is 9.59 Å². The van der Waals surface area contributed by atoms with Crippen molar-refractivity contribution < 1.29 is 14.3 Å². The Balaban J connectivity index is 1.68. The minimum atomic E-state index is -0.534. The number of benzene rings is 2. The number of likely N-dealkylation sites (tertiary alicyclic amines) is 1. The fourth-order valence-corrected chi connectivity index (χ4v) is 3.04. The van der Waals surface area contributed by atoms with Crippen molar-refractivity contribution in [2.75, 3.05) is 13.1 Å². The van der Waals surface area contributed by atoms with Gasteiger partial charge in [-0.25, -0.2) is 0 Å². The molecule has 0 saturated carbocycles. The molecule has 1 aliphatic heterocycles. The van der Waals surface area contributed by atoms with E-state index in [2.05, 4.69) is 0 Å². The summed E-state index contributed by atoms with van der Waals surface area (Å²) < 4.78 is 5.74. The molecule has 6 heteroatoms. The van der Waals surface area contributed by atoms with Gasteiger partial charge < -0.3 is 21.1 Å². The molecule has 1 saturated heterocycles. The highest BCUT2D eigenvalue weighted by Gasteiger charge is 2.21. The first-order valence-corrected chi connectivity index (χ1v) is 8.70. The Bertz CT molecular complexity index is 798. The maximum Gasteiger partial charge on any atom is 0.253 e. The molecule has 0 bridgehead atoms. The molecular formula is C20H23N3O3. The van der Waals surface area contributed by atoms with Crippen LogP contribution in [0.5, 0.6) is 5.75 Å². The lowest BCUT2D eigenvalue weighted by molar-refractivity contribution is 0.0714. The number of rotatable bonds is 5. The summed E-state index contributed by atoms with van der Waals surface area (Å²) in [7, 11) is 0. The molecule has 4 N–H and O–H groups in total. The highest BCUT2D eigenvalue weighted by Crippen LogP contribution is 2.20. The first kappa shape index (κ1) is 17.9. The van der Waals surface area contributed by atoms with Gasteiger partial charge in [0, 0.05) is 24.7 Å². The number of hydrogen-bond donors (Lipinski definition) is 2. The number of piperidine rings is 1. The second-order valence-electron chi connectivity index (χ2n) is 6.48. The zero-order valence-electron chi connectivity index (χ0n) is 14.6. The first-order chi connectivity index (χ1) is 12.5. The van der Waals surface area contributed by atoms with Gasteiger partial charge in [0.2, 0.25) is 0 Å². The number of nitrogens with zero attached hydrogens (tertiary/aromatic N) is 1. The summed E-state index contributed by atoms with van der Waals surface area (Å²) in [6.45, 7) is 1.62. The average molecular weight is 353 g/mol. The van der Waals surface area contributed by atoms with Crippen molar-refractivity contribution in [1.82, 2.24) is 4.90 Å². The summed E-state index contributed by atoms with van der Waals surface area (Å²) in [4.78, 5) is 26.0. The zero-order chi connectivity index (χ0) is 18.5. The number of para-hydroxylation sites is 1. The molecule has 2 amide bonds. The highest BCUT2D eigenvalue weighted by molar-refractivity contribution is 5.95. The van der Waals surface area contributed by atoms with E-state index in [1.165, 1.54) is 0 Å². The number of carbonyl (C=O) groups is 2. The molecule has 2 aromatic rings. The van der Waals surface area contributed by atoms with Crippen LogP contribution in [0, 0.1) is 0 Å². The van der Waals surface area contributed by atoms with E-state index in [1.807, 2.05) is 23.1 Å². The molecule has 1 aliphatic rings. The van der Waals surface area contributed by atoms with Crippen LogP contribution in [-0.2, 0) is 6.61 Å². The van der Waals surface area contributed by atoms with Gasteiger partial charge in [0.1, 0.15) is 12.4 Å². The third-order valence-electron chi connectivity index (χ3n) is 4.55. The first-order valence-electron chi connectivity index (χ1n) is 8.70. The molecule has 0 radical (unpaired) electrons. The van der Waals surface area contributed by atoms with Crippen molar-refractivity contribution in [3.8, 4) is 5.75 Å². The summed E-state index contributed by atoms with van der Waals surface area (Å²) in [6.07, 6.45) is 1.66. The fourth-order valence-electron chi connectivity index (χ4n) is 3.04. The summed E-state index contributed by atoms with van der Waals surface area (Å²) in [6, 6.07) is 14.4. The number of carbonyl (C=O) groups excluding carboxylic acids is 2. The van der Waals surface area contributed by atoms with Crippen molar-refractivity contribution >= 4 is 11.8 Å². The van der Waals surface area contributed by atoms with Crippen LogP contribution in [0.3, 0.4) is 0 Å². The number of amides is 2. The van der Waals surface area contributed by atoms with Crippen molar-refractivity contribution in [3.63, 3.8) is 0 Å². The number of ether oxygens (including phenoxy) is 1. The summed E-state index contributed by atoms with van der Waals surface area (Å²) in [5, 5.41) is 0. The molecule has 26 heavy (non-hydrogen) atoms. The van der Waals surface area contributed by atoms with Crippen molar-refractivity contribution in [1.29, 1.82) is 0 Å². The molecular weight excluding hydrogens is 330 g/mol. The van der Waals surface area contributed by atoms with Crippen LogP contribution >= 0.6 is 0 Å². The zero-order valence-corrected chi connectivity index (χ0v) is 14.6. The molecule has 6 nitrogen and oxygen atoms in total. The fraction of sp³-hybridized carbons (Fsp3) is 0.300. The quantitative estimate of drug-likeness (QED) is 0.858. The van der Waals surface area contributed by atoms with Gasteiger partial charge in [-0.1, -0.05) is 24.3 Å². The van der Waals surface area contributed by atoms with Crippen LogP contribution in [0.4, 0.5) is 0 Å². The molecule has 0 unspecified atom stereocenters. The van der Waals surface area contributed by atoms with Crippen molar-refractivity contribution in [2.24, 2.45) is 11.5 Å². The van der Waals surface area contributed by atoms with Gasteiger partial charge in [-0.15, -0.1) is 0 Å². The topological polar surface area (TPSA) is 98.7 Å². The maximum absolute atomic E-state index is 12.7. The van der Waals surface area contributed by atoms with E-state index in [9.17, 15) is 9.59 Å². The molecule has 0 atom stereocenters. The largest absolute Gasteiger partial charge is 0.488 e. The lowest BCUT2D eigenvalue weighted by Crippen LogP contribution is -2.42. The minimum absolute atomic E-state index is 0.0105. The third-order valence-corrected chi connectivity index (χ3v) is 4.55. The molecule has 1 fully saturated rings. The Kier molecular flexibility index (Phi) is 5.53. The Hall–Kier alpha value is -2.86. The van der Waals surface area contributed by atoms with Crippen LogP contribution < -0.4 is 16.2 Å². The molecule has 0 spiro atoms. The van der Waals surface area contributed by atoms with Gasteiger partial charge >= 0.3 is 0 Å². The molecule has 0 aliphatic carbocycles. The van der Waals surface area contributed by atoms with E-state index in [0.717, 1.165) is 18.4 Å². The summed E-state index contributed by atoms with van der Waals surface area (Å²) >= 11 is 0. The van der Waals surface area contributed by atoms with Crippen LogP contribution in [-0.4, -0.2) is 35.8 Å². The third kappa shape index (κ3) is 4.21. The van der Waals surface area contributed by atoms with Crippen LogP contribution in [0.15, 0.2) is 48.5 Å². The molecule has 2 aromatic carbocycles. The molecule has 1 heterocycles. The normalized spacial score (nSPS) is 14.9. The van der Waals surface area contributed by atoms with E-state index in [1.54, 1.807) is 30.3 Å². The minimum Gasteiger partial charge on any atom is -0.488 e. The monoisotopic (exact) mass is 353 g/mol. The second kappa shape index (κ2) is 8.01. The number of nitrogens with two attached hydrogens (primary N) is 2. The average Bonchev–Trinajstić information content (AvgIpc) is 2.67. The Morgan fingerprint density at radius 2 is 1.81 bits per heavy atom. The van der Waals surface area contributed by atoms with E-state index in [-0.39, 0.29) is 18.6 Å². The Labute approximate surface area is 152 Å². The Morgan fingerprint density at radius 1 is 1.08 bits per heavy atom. The summed E-state index contributed by atoms with van der Waals surface area (Å²) in [5.74, 6) is -0.0918. The van der Waals surface area contributed by atoms with Gasteiger partial charge in [-0.05, 0) is 42.7 Å². The van der Waals surface area contributed by atoms with Gasteiger partial charge in [0.15, 0.2) is 0 Å². The smallest absolute Gasteiger partial charge is 0.253 e. The molecule has 136 valence electrons. The molecule has 0 aromatic heterocycles. The number of hydrogen-bond acceptors (Lipinski definition) is 4. The predicted molar refractivity (Wildman–Crippen MR) is 98.8 cm³/mol. The van der Waals surface area contributed by atoms with Gasteiger partial charge in [0.25, 0.3) is 11.8 Å². The summed E-state index contributed by atoms with van der Waals surface area (Å²) in [5.41, 5.74) is 13.1. The highest BCUT2D eigenvalue weighted by atomic mass is 16.5. The second-order valence-corrected chi connectivity index (χ2v) is 6.48. The SMILES string of the molecule is NC(=O)c1ccccc1OCc1cccc(C(=O)N2CCC(N)CC2)c1. The van der Waals surface area contributed by atoms with Crippen molar-refractivity contribution in [2.45, 2.75) is 25.5 Å². The molecule has 3 rings (SSSR count). The van der Waals surface area contributed by atoms with Crippen molar-refractivity contribution in [3.05, 3.63) is 65.2 Å². The van der Waals surface area contributed by atoms with Crippen LogP contribution in [0.1, 0.15) is 39.1 Å². The predicted octanol–water partition coefficient (Wildman–Crippen LogP) is 1.93.